The lowest BCUT2D eigenvalue weighted by Crippen LogP contribution is -2.40. The molecule has 0 aromatic heterocycles. The number of fused-ring (bicyclic) bond motifs is 5. The van der Waals surface area contributed by atoms with Crippen LogP contribution in [0.15, 0.2) is 12.2 Å². The van der Waals surface area contributed by atoms with E-state index in [4.69, 9.17) is 9.47 Å². The van der Waals surface area contributed by atoms with Crippen molar-refractivity contribution in [3.8, 4) is 0 Å². The van der Waals surface area contributed by atoms with E-state index >= 15 is 0 Å². The average Bonchev–Trinajstić information content (AvgIpc) is 2.79. The number of aliphatic hydroxyl groups is 1. The van der Waals surface area contributed by atoms with Gasteiger partial charge in [0.2, 0.25) is 0 Å². The van der Waals surface area contributed by atoms with Crippen LogP contribution in [-0.2, 0) is 14.3 Å². The Morgan fingerprint density at radius 1 is 1.47 bits per heavy atom. The van der Waals surface area contributed by atoms with Crippen molar-refractivity contribution in [1.82, 2.24) is 0 Å². The molecule has 4 nitrogen and oxygen atoms in total. The maximum Gasteiger partial charge on any atom is 0.309 e. The molecule has 1 N–H and O–H groups in total. The van der Waals surface area contributed by atoms with Gasteiger partial charge in [-0.15, -0.1) is 0 Å². The van der Waals surface area contributed by atoms with Crippen molar-refractivity contribution >= 4 is 5.97 Å². The average molecular weight is 264 g/mol. The molecule has 0 bridgehead atoms. The lowest BCUT2D eigenvalue weighted by atomic mass is 9.77. The van der Waals surface area contributed by atoms with Crippen LogP contribution in [0.2, 0.25) is 0 Å². The fourth-order valence-electron chi connectivity index (χ4n) is 4.78. The Balaban J connectivity index is 1.78. The summed E-state index contributed by atoms with van der Waals surface area (Å²) < 4.78 is 11.4. The summed E-state index contributed by atoms with van der Waals surface area (Å²) in [4.78, 5) is 11.9. The molecule has 0 aromatic carbocycles. The Morgan fingerprint density at radius 3 is 2.95 bits per heavy atom. The van der Waals surface area contributed by atoms with Crippen molar-refractivity contribution in [2.24, 2.45) is 23.7 Å². The number of aliphatic hydroxyl groups excluding tert-OH is 1. The van der Waals surface area contributed by atoms with Crippen molar-refractivity contribution in [2.75, 3.05) is 0 Å². The standard InChI is InChI=1S/C15H20O4/c1-6-4-9(16)11-7(2)14(17)18-13(11)12-8(6)5-10-15(12,3)19-10/h7-13,16H,1,4-5H2,2-3H3/t7-,8-,9-,10+,11+,12-,13-,15+/m0/s1. The quantitative estimate of drug-likeness (QED) is 0.407. The van der Waals surface area contributed by atoms with E-state index < -0.39 is 6.10 Å². The summed E-state index contributed by atoms with van der Waals surface area (Å²) in [6, 6.07) is 0. The van der Waals surface area contributed by atoms with Crippen LogP contribution < -0.4 is 0 Å². The molecule has 4 heteroatoms. The first-order valence-electron chi connectivity index (χ1n) is 7.17. The molecule has 2 saturated carbocycles. The third kappa shape index (κ3) is 1.34. The lowest BCUT2D eigenvalue weighted by molar-refractivity contribution is -0.147. The first kappa shape index (κ1) is 11.9. The molecule has 2 aliphatic heterocycles. The van der Waals surface area contributed by atoms with E-state index in [2.05, 4.69) is 13.5 Å². The number of esters is 1. The number of hydrogen-bond acceptors (Lipinski definition) is 4. The summed E-state index contributed by atoms with van der Waals surface area (Å²) in [6.45, 7) is 8.14. The van der Waals surface area contributed by atoms with Gasteiger partial charge in [0.25, 0.3) is 0 Å². The van der Waals surface area contributed by atoms with Gasteiger partial charge in [-0.2, -0.15) is 0 Å². The molecule has 0 spiro atoms. The van der Waals surface area contributed by atoms with Crippen molar-refractivity contribution in [3.05, 3.63) is 12.2 Å². The number of epoxide rings is 1. The fourth-order valence-corrected chi connectivity index (χ4v) is 4.78. The van der Waals surface area contributed by atoms with Crippen LogP contribution in [0.5, 0.6) is 0 Å². The molecule has 104 valence electrons. The number of carbonyl (C=O) groups excluding carboxylic acids is 1. The Labute approximate surface area is 112 Å². The number of rotatable bonds is 0. The van der Waals surface area contributed by atoms with E-state index in [0.717, 1.165) is 12.0 Å². The summed E-state index contributed by atoms with van der Waals surface area (Å²) in [7, 11) is 0. The van der Waals surface area contributed by atoms with Crippen molar-refractivity contribution in [3.63, 3.8) is 0 Å². The second-order valence-electron chi connectivity index (χ2n) is 6.86. The van der Waals surface area contributed by atoms with E-state index in [1.807, 2.05) is 6.92 Å². The number of hydrogen-bond donors (Lipinski definition) is 1. The number of carbonyl (C=O) groups is 1. The van der Waals surface area contributed by atoms with Crippen molar-refractivity contribution in [1.29, 1.82) is 0 Å². The van der Waals surface area contributed by atoms with E-state index in [1.54, 1.807) is 0 Å². The molecular weight excluding hydrogens is 244 g/mol. The highest BCUT2D eigenvalue weighted by atomic mass is 16.6. The minimum absolute atomic E-state index is 0.112. The molecule has 4 rings (SSSR count). The first-order chi connectivity index (χ1) is 8.93. The smallest absolute Gasteiger partial charge is 0.309 e. The van der Waals surface area contributed by atoms with Crippen LogP contribution in [0.1, 0.15) is 26.7 Å². The third-order valence-electron chi connectivity index (χ3n) is 5.92. The van der Waals surface area contributed by atoms with Crippen LogP contribution in [0.4, 0.5) is 0 Å². The summed E-state index contributed by atoms with van der Waals surface area (Å²) in [6.07, 6.45) is 1.10. The van der Waals surface area contributed by atoms with Gasteiger partial charge < -0.3 is 14.6 Å². The van der Waals surface area contributed by atoms with Gasteiger partial charge in [-0.3, -0.25) is 4.79 Å². The van der Waals surface area contributed by atoms with Crippen LogP contribution >= 0.6 is 0 Å². The second-order valence-corrected chi connectivity index (χ2v) is 6.86. The molecule has 0 amide bonds. The third-order valence-corrected chi connectivity index (χ3v) is 5.92. The largest absolute Gasteiger partial charge is 0.461 e. The zero-order valence-corrected chi connectivity index (χ0v) is 11.3. The van der Waals surface area contributed by atoms with Gasteiger partial charge in [0, 0.05) is 11.8 Å². The van der Waals surface area contributed by atoms with E-state index in [9.17, 15) is 9.90 Å². The lowest BCUT2D eigenvalue weighted by Gasteiger charge is -2.31. The molecular formula is C15H20O4. The van der Waals surface area contributed by atoms with Gasteiger partial charge in [-0.05, 0) is 25.7 Å². The van der Waals surface area contributed by atoms with E-state index in [-0.39, 0.29) is 41.5 Å². The molecule has 2 saturated heterocycles. The van der Waals surface area contributed by atoms with Crippen LogP contribution in [0.25, 0.3) is 0 Å². The van der Waals surface area contributed by atoms with Gasteiger partial charge in [0.05, 0.1) is 23.7 Å². The molecule has 2 aliphatic carbocycles. The molecule has 0 unspecified atom stereocenters. The molecule has 2 heterocycles. The van der Waals surface area contributed by atoms with Gasteiger partial charge in [-0.1, -0.05) is 19.1 Å². The normalized spacial score (nSPS) is 59.0. The minimum atomic E-state index is -0.523. The Morgan fingerprint density at radius 2 is 2.21 bits per heavy atom. The van der Waals surface area contributed by atoms with Gasteiger partial charge in [0.1, 0.15) is 6.10 Å². The van der Waals surface area contributed by atoms with E-state index in [1.165, 1.54) is 0 Å². The Hall–Kier alpha value is -0.870. The predicted molar refractivity (Wildman–Crippen MR) is 67.2 cm³/mol. The van der Waals surface area contributed by atoms with Gasteiger partial charge in [0.15, 0.2) is 0 Å². The van der Waals surface area contributed by atoms with E-state index in [0.29, 0.717) is 12.3 Å². The molecule has 0 radical (unpaired) electrons. The highest BCUT2D eigenvalue weighted by Crippen LogP contribution is 2.63. The highest BCUT2D eigenvalue weighted by molar-refractivity contribution is 5.75. The van der Waals surface area contributed by atoms with Crippen LogP contribution in [0.3, 0.4) is 0 Å². The van der Waals surface area contributed by atoms with Gasteiger partial charge >= 0.3 is 5.97 Å². The zero-order valence-electron chi connectivity index (χ0n) is 11.3. The van der Waals surface area contributed by atoms with Crippen LogP contribution in [-0.4, -0.2) is 35.0 Å². The Bertz CT molecular complexity index is 473. The van der Waals surface area contributed by atoms with Crippen molar-refractivity contribution < 1.29 is 19.4 Å². The molecule has 4 aliphatic rings. The summed E-state index contributed by atoms with van der Waals surface area (Å²) >= 11 is 0. The first-order valence-corrected chi connectivity index (χ1v) is 7.17. The Kier molecular flexibility index (Phi) is 2.14. The summed E-state index contributed by atoms with van der Waals surface area (Å²) in [5.41, 5.74) is 0.928. The number of ether oxygens (including phenoxy) is 2. The van der Waals surface area contributed by atoms with Crippen LogP contribution in [0, 0.1) is 23.7 Å². The summed E-state index contributed by atoms with van der Waals surface area (Å²) in [5.74, 6) is -0.0208. The molecule has 0 aromatic rings. The highest BCUT2D eigenvalue weighted by Gasteiger charge is 2.71. The fraction of sp³-hybridized carbons (Fsp3) is 0.800. The summed E-state index contributed by atoms with van der Waals surface area (Å²) in [5, 5.41) is 10.4. The maximum absolute atomic E-state index is 11.9. The minimum Gasteiger partial charge on any atom is -0.461 e. The molecule has 8 atom stereocenters. The monoisotopic (exact) mass is 264 g/mol. The van der Waals surface area contributed by atoms with Gasteiger partial charge in [-0.25, -0.2) is 0 Å². The zero-order chi connectivity index (χ0) is 13.5. The topological polar surface area (TPSA) is 59.1 Å². The predicted octanol–water partition coefficient (Wildman–Crippen LogP) is 1.28. The maximum atomic E-state index is 11.9. The second kappa shape index (κ2) is 3.41. The SMILES string of the molecule is C=C1C[C@H](O)[C@@H]2[C@H](OC(=O)[C@H]2C)[C@@H]2[C@H]1C[C@H]1O[C@@]21C. The molecule has 4 fully saturated rings. The van der Waals surface area contributed by atoms with Crippen molar-refractivity contribution in [2.45, 2.75) is 50.6 Å². The molecule has 19 heavy (non-hydrogen) atoms.